The molecular formula is C25H25N3O4. The lowest BCUT2D eigenvalue weighted by Gasteiger charge is -2.19. The molecule has 2 aromatic carbocycles. The van der Waals surface area contributed by atoms with Gasteiger partial charge in [0.1, 0.15) is 23.9 Å². The summed E-state index contributed by atoms with van der Waals surface area (Å²) in [6, 6.07) is 13.6. The second-order valence-electron chi connectivity index (χ2n) is 8.03. The molecule has 32 heavy (non-hydrogen) atoms. The number of benzene rings is 2. The monoisotopic (exact) mass is 431 g/mol. The van der Waals surface area contributed by atoms with Crippen LogP contribution in [0.4, 0.5) is 0 Å². The first-order chi connectivity index (χ1) is 15.7. The molecule has 3 aromatic rings. The van der Waals surface area contributed by atoms with Crippen LogP contribution in [0.2, 0.25) is 0 Å². The summed E-state index contributed by atoms with van der Waals surface area (Å²) < 4.78 is 16.9. The molecule has 0 spiro atoms. The van der Waals surface area contributed by atoms with Crippen molar-refractivity contribution in [2.75, 3.05) is 20.3 Å². The summed E-state index contributed by atoms with van der Waals surface area (Å²) in [6.07, 6.45) is 4.96. The van der Waals surface area contributed by atoms with Gasteiger partial charge in [-0.1, -0.05) is 18.2 Å². The molecule has 1 aliphatic carbocycles. The maximum atomic E-state index is 13.1. The molecule has 7 heteroatoms. The summed E-state index contributed by atoms with van der Waals surface area (Å²) in [6.45, 7) is 2.95. The van der Waals surface area contributed by atoms with Gasteiger partial charge in [0.2, 0.25) is 5.91 Å². The standard InChI is InChI=1S/C25H25N3O4/c1-3-31-18-7-4-15(5-8-18)20(13-30-2)28-25(29)23-22-19-10-16(17-11-26-14-27-12-17)6-9-21(19)32-24(22)23/h4-12,14,20,22-24H,3,13H2,1-2H3,(H,28,29)/t20-,22?,23?,24?/m0/s1. The molecule has 1 aliphatic heterocycles. The molecule has 0 bridgehead atoms. The van der Waals surface area contributed by atoms with Crippen molar-refractivity contribution in [1.29, 1.82) is 0 Å². The first-order valence-electron chi connectivity index (χ1n) is 10.8. The highest BCUT2D eigenvalue weighted by Gasteiger charge is 2.62. The number of nitrogens with one attached hydrogen (secondary N) is 1. The summed E-state index contributed by atoms with van der Waals surface area (Å²) >= 11 is 0. The van der Waals surface area contributed by atoms with Crippen molar-refractivity contribution in [2.24, 2.45) is 5.92 Å². The van der Waals surface area contributed by atoms with E-state index in [1.54, 1.807) is 19.5 Å². The Kier molecular flexibility index (Phi) is 5.49. The van der Waals surface area contributed by atoms with Gasteiger partial charge in [0.05, 0.1) is 25.2 Å². The van der Waals surface area contributed by atoms with E-state index in [1.807, 2.05) is 43.3 Å². The average molecular weight is 431 g/mol. The molecule has 1 amide bonds. The Morgan fingerprint density at radius 2 is 1.91 bits per heavy atom. The number of aromatic nitrogens is 2. The third-order valence-corrected chi connectivity index (χ3v) is 6.03. The molecule has 3 unspecified atom stereocenters. The minimum atomic E-state index is -0.239. The number of carbonyl (C=O) groups is 1. The van der Waals surface area contributed by atoms with E-state index in [1.165, 1.54) is 6.33 Å². The maximum Gasteiger partial charge on any atom is 0.228 e. The molecule has 7 nitrogen and oxygen atoms in total. The Bertz CT molecular complexity index is 1100. The van der Waals surface area contributed by atoms with E-state index in [9.17, 15) is 4.79 Å². The molecule has 0 saturated heterocycles. The summed E-state index contributed by atoms with van der Waals surface area (Å²) in [7, 11) is 1.63. The zero-order valence-corrected chi connectivity index (χ0v) is 18.0. The largest absolute Gasteiger partial charge is 0.494 e. The lowest BCUT2D eigenvalue weighted by molar-refractivity contribution is -0.124. The fourth-order valence-corrected chi connectivity index (χ4v) is 4.42. The van der Waals surface area contributed by atoms with E-state index in [-0.39, 0.29) is 29.9 Å². The molecule has 2 heterocycles. The average Bonchev–Trinajstić information content (AvgIpc) is 3.42. The third-order valence-electron chi connectivity index (χ3n) is 6.03. The second kappa shape index (κ2) is 8.59. The van der Waals surface area contributed by atoms with Crippen LogP contribution in [0.5, 0.6) is 11.5 Å². The third kappa shape index (κ3) is 3.80. The normalized spacial score (nSPS) is 21.1. The van der Waals surface area contributed by atoms with Crippen molar-refractivity contribution < 1.29 is 19.0 Å². The maximum absolute atomic E-state index is 13.1. The topological polar surface area (TPSA) is 82.6 Å². The number of methoxy groups -OCH3 is 1. The van der Waals surface area contributed by atoms with Gasteiger partial charge in [-0.25, -0.2) is 9.97 Å². The first-order valence-corrected chi connectivity index (χ1v) is 10.8. The molecule has 1 aromatic heterocycles. The highest BCUT2D eigenvalue weighted by molar-refractivity contribution is 5.86. The Morgan fingerprint density at radius 1 is 1.12 bits per heavy atom. The van der Waals surface area contributed by atoms with Crippen LogP contribution >= 0.6 is 0 Å². The number of hydrogen-bond donors (Lipinski definition) is 1. The molecule has 5 rings (SSSR count). The fraction of sp³-hybridized carbons (Fsp3) is 0.320. The van der Waals surface area contributed by atoms with Gasteiger partial charge >= 0.3 is 0 Å². The van der Waals surface area contributed by atoms with E-state index in [2.05, 4.69) is 21.4 Å². The Labute approximate surface area is 186 Å². The van der Waals surface area contributed by atoms with Crippen molar-refractivity contribution in [3.63, 3.8) is 0 Å². The quantitative estimate of drug-likeness (QED) is 0.588. The van der Waals surface area contributed by atoms with Crippen molar-refractivity contribution in [3.05, 3.63) is 72.3 Å². The first kappa shape index (κ1) is 20.5. The summed E-state index contributed by atoms with van der Waals surface area (Å²) in [5, 5.41) is 3.15. The smallest absolute Gasteiger partial charge is 0.228 e. The van der Waals surface area contributed by atoms with Gasteiger partial charge in [-0.15, -0.1) is 0 Å². The molecule has 1 saturated carbocycles. The van der Waals surface area contributed by atoms with E-state index < -0.39 is 0 Å². The van der Waals surface area contributed by atoms with Crippen LogP contribution in [0.25, 0.3) is 11.1 Å². The number of fused-ring (bicyclic) bond motifs is 3. The molecule has 0 radical (unpaired) electrons. The molecule has 164 valence electrons. The summed E-state index contributed by atoms with van der Waals surface area (Å²) in [5.41, 5.74) is 4.00. The molecule has 4 atom stereocenters. The Hall–Kier alpha value is -3.45. The fourth-order valence-electron chi connectivity index (χ4n) is 4.42. The van der Waals surface area contributed by atoms with Gasteiger partial charge in [0, 0.05) is 36.5 Å². The van der Waals surface area contributed by atoms with Gasteiger partial charge < -0.3 is 19.5 Å². The van der Waals surface area contributed by atoms with Crippen LogP contribution in [0.1, 0.15) is 30.0 Å². The number of carbonyl (C=O) groups excluding carboxylic acids is 1. The van der Waals surface area contributed by atoms with Crippen molar-refractivity contribution in [1.82, 2.24) is 15.3 Å². The van der Waals surface area contributed by atoms with Crippen molar-refractivity contribution in [3.8, 4) is 22.6 Å². The zero-order chi connectivity index (χ0) is 22.1. The van der Waals surface area contributed by atoms with E-state index in [0.29, 0.717) is 13.2 Å². The van der Waals surface area contributed by atoms with Crippen LogP contribution < -0.4 is 14.8 Å². The van der Waals surface area contributed by atoms with E-state index >= 15 is 0 Å². The van der Waals surface area contributed by atoms with Gasteiger partial charge in [0.25, 0.3) is 0 Å². The van der Waals surface area contributed by atoms with Crippen molar-refractivity contribution in [2.45, 2.75) is 25.0 Å². The number of rotatable bonds is 8. The highest BCUT2D eigenvalue weighted by Crippen LogP contribution is 2.59. The summed E-state index contributed by atoms with van der Waals surface area (Å²) in [5.74, 6) is 1.50. The minimum absolute atomic E-state index is 0.0185. The lowest BCUT2D eigenvalue weighted by Crippen LogP contribution is -2.34. The van der Waals surface area contributed by atoms with Gasteiger partial charge in [-0.05, 0) is 42.3 Å². The molecule has 1 N–H and O–H groups in total. The van der Waals surface area contributed by atoms with Crippen LogP contribution in [0.3, 0.4) is 0 Å². The zero-order valence-electron chi connectivity index (χ0n) is 18.0. The predicted octanol–water partition coefficient (Wildman–Crippen LogP) is 3.52. The number of ether oxygens (including phenoxy) is 3. The molecule has 1 fully saturated rings. The van der Waals surface area contributed by atoms with Gasteiger partial charge in [0.15, 0.2) is 0 Å². The predicted molar refractivity (Wildman–Crippen MR) is 118 cm³/mol. The highest BCUT2D eigenvalue weighted by atomic mass is 16.5. The summed E-state index contributed by atoms with van der Waals surface area (Å²) in [4.78, 5) is 21.3. The molecule has 2 aliphatic rings. The lowest BCUT2D eigenvalue weighted by atomic mass is 10.0. The van der Waals surface area contributed by atoms with E-state index in [0.717, 1.165) is 33.8 Å². The van der Waals surface area contributed by atoms with Gasteiger partial charge in [-0.2, -0.15) is 0 Å². The van der Waals surface area contributed by atoms with E-state index in [4.69, 9.17) is 14.2 Å². The SMILES string of the molecule is CCOc1ccc([C@H](COC)NC(=O)C2C3Oc4ccc(-c5cncnc5)cc4C32)cc1. The van der Waals surface area contributed by atoms with Gasteiger partial charge in [-0.3, -0.25) is 4.79 Å². The number of hydrogen-bond acceptors (Lipinski definition) is 6. The Balaban J connectivity index is 1.30. The van der Waals surface area contributed by atoms with Crippen LogP contribution in [-0.4, -0.2) is 42.3 Å². The van der Waals surface area contributed by atoms with Crippen LogP contribution in [0.15, 0.2) is 61.2 Å². The number of amides is 1. The van der Waals surface area contributed by atoms with Crippen LogP contribution in [0, 0.1) is 5.92 Å². The van der Waals surface area contributed by atoms with Crippen molar-refractivity contribution >= 4 is 5.91 Å². The molecular weight excluding hydrogens is 406 g/mol. The Morgan fingerprint density at radius 3 is 2.62 bits per heavy atom. The second-order valence-corrected chi connectivity index (χ2v) is 8.03. The number of nitrogens with zero attached hydrogens (tertiary/aromatic N) is 2. The van der Waals surface area contributed by atoms with Crippen LogP contribution in [-0.2, 0) is 9.53 Å². The minimum Gasteiger partial charge on any atom is -0.494 e.